The molecule has 1 amide bonds. The summed E-state index contributed by atoms with van der Waals surface area (Å²) in [6.07, 6.45) is 1.98. The van der Waals surface area contributed by atoms with Crippen LogP contribution in [0.3, 0.4) is 0 Å². The number of piperidine rings is 1. The molecule has 34 heavy (non-hydrogen) atoms. The summed E-state index contributed by atoms with van der Waals surface area (Å²) in [7, 11) is 0. The summed E-state index contributed by atoms with van der Waals surface area (Å²) >= 11 is 0. The monoisotopic (exact) mass is 452 g/mol. The van der Waals surface area contributed by atoms with Crippen molar-refractivity contribution in [3.05, 3.63) is 100 Å². The zero-order valence-electron chi connectivity index (χ0n) is 19.1. The lowest BCUT2D eigenvalue weighted by atomic mass is 9.74. The van der Waals surface area contributed by atoms with E-state index in [9.17, 15) is 15.0 Å². The number of likely N-dealkylation sites (tertiary alicyclic amines) is 1. The lowest BCUT2D eigenvalue weighted by molar-refractivity contribution is -0.119. The zero-order valence-corrected chi connectivity index (χ0v) is 19.1. The summed E-state index contributed by atoms with van der Waals surface area (Å²) in [5.74, 6) is -0.827. The van der Waals surface area contributed by atoms with Crippen molar-refractivity contribution < 1.29 is 4.79 Å². The fourth-order valence-electron chi connectivity index (χ4n) is 4.62. The Hall–Kier alpha value is -3.66. The third-order valence-electron chi connectivity index (χ3n) is 6.76. The molecule has 0 aliphatic carbocycles. The highest BCUT2D eigenvalue weighted by molar-refractivity contribution is 5.82. The molecule has 0 saturated carbocycles. The molecule has 1 aliphatic rings. The molecule has 6 heteroatoms. The molecule has 3 aromatic carbocycles. The minimum absolute atomic E-state index is 0.289. The van der Waals surface area contributed by atoms with Crippen LogP contribution in [0.25, 0.3) is 11.1 Å². The molecule has 1 heterocycles. The molecule has 0 bridgehead atoms. The van der Waals surface area contributed by atoms with E-state index < -0.39 is 11.9 Å². The first-order valence-corrected chi connectivity index (χ1v) is 11.5. The summed E-state index contributed by atoms with van der Waals surface area (Å²) in [6, 6.07) is 28.2. The average molecular weight is 453 g/mol. The van der Waals surface area contributed by atoms with Crippen LogP contribution in [0, 0.1) is 16.2 Å². The van der Waals surface area contributed by atoms with Gasteiger partial charge >= 0.3 is 5.91 Å². The van der Waals surface area contributed by atoms with E-state index in [1.54, 1.807) is 0 Å². The lowest BCUT2D eigenvalue weighted by Crippen LogP contribution is -2.41. The molecule has 0 aromatic heterocycles. The van der Waals surface area contributed by atoms with Crippen LogP contribution in [-0.4, -0.2) is 29.9 Å². The second-order valence-corrected chi connectivity index (χ2v) is 8.97. The van der Waals surface area contributed by atoms with Gasteiger partial charge in [-0.25, -0.2) is 0 Å². The van der Waals surface area contributed by atoms with Crippen LogP contribution in [-0.2, 0) is 23.2 Å². The summed E-state index contributed by atoms with van der Waals surface area (Å²) in [4.78, 5) is 24.0. The van der Waals surface area contributed by atoms with Crippen molar-refractivity contribution in [2.45, 2.75) is 37.3 Å². The molecular weight excluding hydrogens is 424 g/mol. The fourth-order valence-corrected chi connectivity index (χ4v) is 4.62. The Labute approximate surface area is 200 Å². The van der Waals surface area contributed by atoms with Crippen LogP contribution >= 0.6 is 0 Å². The number of amides is 1. The third-order valence-corrected chi connectivity index (χ3v) is 6.76. The molecule has 2 N–H and O–H groups in total. The zero-order chi connectivity index (χ0) is 24.0. The van der Waals surface area contributed by atoms with Crippen molar-refractivity contribution in [3.8, 4) is 17.2 Å². The number of nitroso groups, excluding NO2 is 1. The fraction of sp³-hybridized carbons (Fsp3) is 0.286. The van der Waals surface area contributed by atoms with Gasteiger partial charge in [-0.1, -0.05) is 78.9 Å². The van der Waals surface area contributed by atoms with Crippen molar-refractivity contribution >= 4 is 5.91 Å². The highest BCUT2D eigenvalue weighted by atomic mass is 16.3. The number of rotatable bonds is 7. The Morgan fingerprint density at radius 2 is 1.50 bits per heavy atom. The number of nitriles is 1. The largest absolute Gasteiger partial charge is 0.319 e. The SMILES string of the molecule is N#CC1(c2ccccc2)CCN(Cc2ccc(-c3ccc(CC(N)C(=O)N=O)cc3)cc2)CC1. The van der Waals surface area contributed by atoms with Gasteiger partial charge in [0.2, 0.25) is 0 Å². The van der Waals surface area contributed by atoms with Crippen molar-refractivity contribution in [2.24, 2.45) is 10.9 Å². The topological polar surface area (TPSA) is 99.6 Å². The van der Waals surface area contributed by atoms with Gasteiger partial charge in [-0.2, -0.15) is 5.26 Å². The number of carbonyl (C=O) groups is 1. The first kappa shape index (κ1) is 23.5. The summed E-state index contributed by atoms with van der Waals surface area (Å²) in [6.45, 7) is 2.66. The molecule has 1 unspecified atom stereocenters. The molecule has 0 spiro atoms. The number of carbonyl (C=O) groups excluding carboxylic acids is 1. The van der Waals surface area contributed by atoms with Crippen LogP contribution in [0.1, 0.15) is 29.5 Å². The van der Waals surface area contributed by atoms with Gasteiger partial charge in [0, 0.05) is 24.8 Å². The number of benzene rings is 3. The molecule has 1 fully saturated rings. The number of hydrogen-bond donors (Lipinski definition) is 1. The van der Waals surface area contributed by atoms with Crippen LogP contribution in [0.5, 0.6) is 0 Å². The molecule has 1 aliphatic heterocycles. The normalized spacial score (nSPS) is 16.4. The molecule has 6 nitrogen and oxygen atoms in total. The Morgan fingerprint density at radius 1 is 0.941 bits per heavy atom. The Bertz CT molecular complexity index is 1160. The van der Waals surface area contributed by atoms with Gasteiger partial charge in [0.25, 0.3) is 0 Å². The Balaban J connectivity index is 1.34. The van der Waals surface area contributed by atoms with Crippen molar-refractivity contribution in [1.82, 2.24) is 4.90 Å². The van der Waals surface area contributed by atoms with Crippen LogP contribution < -0.4 is 5.73 Å². The van der Waals surface area contributed by atoms with Gasteiger partial charge in [0.15, 0.2) is 0 Å². The van der Waals surface area contributed by atoms with E-state index in [0.29, 0.717) is 0 Å². The first-order valence-electron chi connectivity index (χ1n) is 11.5. The molecule has 4 rings (SSSR count). The summed E-state index contributed by atoms with van der Waals surface area (Å²) in [5, 5.41) is 12.3. The van der Waals surface area contributed by atoms with Crippen molar-refractivity contribution in [1.29, 1.82) is 5.26 Å². The van der Waals surface area contributed by atoms with E-state index in [1.807, 2.05) is 42.5 Å². The molecular formula is C28H28N4O2. The van der Waals surface area contributed by atoms with E-state index in [0.717, 1.165) is 54.7 Å². The second kappa shape index (κ2) is 10.5. The molecule has 0 radical (unpaired) electrons. The smallest absolute Gasteiger partial charge is 0.303 e. The van der Waals surface area contributed by atoms with Gasteiger partial charge in [-0.05, 0) is 47.1 Å². The average Bonchev–Trinajstić information content (AvgIpc) is 2.90. The summed E-state index contributed by atoms with van der Waals surface area (Å²) < 4.78 is 0. The van der Waals surface area contributed by atoms with E-state index >= 15 is 0 Å². The van der Waals surface area contributed by atoms with E-state index in [2.05, 4.69) is 52.5 Å². The third kappa shape index (κ3) is 5.28. The summed E-state index contributed by atoms with van der Waals surface area (Å²) in [5.41, 5.74) is 10.8. The molecule has 172 valence electrons. The van der Waals surface area contributed by atoms with E-state index in [4.69, 9.17) is 5.73 Å². The molecule has 1 atom stereocenters. The quantitative estimate of drug-likeness (QED) is 0.529. The van der Waals surface area contributed by atoms with Gasteiger partial charge in [0.1, 0.15) is 0 Å². The maximum atomic E-state index is 11.3. The van der Waals surface area contributed by atoms with Gasteiger partial charge < -0.3 is 5.73 Å². The minimum Gasteiger partial charge on any atom is -0.319 e. The predicted octanol–water partition coefficient (Wildman–Crippen LogP) is 4.57. The Kier molecular flexibility index (Phi) is 7.27. The number of hydrogen-bond acceptors (Lipinski definition) is 5. The lowest BCUT2D eigenvalue weighted by Gasteiger charge is -2.37. The van der Waals surface area contributed by atoms with Crippen molar-refractivity contribution in [3.63, 3.8) is 0 Å². The standard InChI is InChI=1S/C28H28N4O2/c29-20-28(25-4-2-1-3-5-25)14-16-32(17-15-28)19-22-8-12-24(13-9-22)23-10-6-21(7-11-23)18-26(30)27(33)31-34/h1-13,26H,14-19,30H2. The van der Waals surface area contributed by atoms with Gasteiger partial charge in [0.05, 0.1) is 17.5 Å². The second-order valence-electron chi connectivity index (χ2n) is 8.97. The minimum atomic E-state index is -0.900. The Morgan fingerprint density at radius 3 is 2.03 bits per heavy atom. The number of nitrogens with zero attached hydrogens (tertiary/aromatic N) is 3. The predicted molar refractivity (Wildman–Crippen MR) is 133 cm³/mol. The molecule has 1 saturated heterocycles. The first-order chi connectivity index (χ1) is 16.5. The van der Waals surface area contributed by atoms with Gasteiger partial charge in [-0.3, -0.25) is 9.69 Å². The molecule has 3 aromatic rings. The highest BCUT2D eigenvalue weighted by Gasteiger charge is 2.36. The number of nitrogens with two attached hydrogens (primary N) is 1. The van der Waals surface area contributed by atoms with E-state index in [1.165, 1.54) is 5.56 Å². The van der Waals surface area contributed by atoms with Crippen LogP contribution in [0.2, 0.25) is 0 Å². The maximum Gasteiger partial charge on any atom is 0.303 e. The van der Waals surface area contributed by atoms with E-state index in [-0.39, 0.29) is 11.8 Å². The van der Waals surface area contributed by atoms with Crippen molar-refractivity contribution in [2.75, 3.05) is 13.1 Å². The van der Waals surface area contributed by atoms with Crippen LogP contribution in [0.15, 0.2) is 84.0 Å². The van der Waals surface area contributed by atoms with Gasteiger partial charge in [-0.15, -0.1) is 4.91 Å². The maximum absolute atomic E-state index is 11.3. The van der Waals surface area contributed by atoms with Crippen LogP contribution in [0.4, 0.5) is 0 Å². The highest BCUT2D eigenvalue weighted by Crippen LogP contribution is 2.35.